The molecule has 0 spiro atoms. The maximum atomic E-state index is 12.0. The van der Waals surface area contributed by atoms with E-state index in [2.05, 4.69) is 6.92 Å². The lowest BCUT2D eigenvalue weighted by atomic mass is 9.84. The molecule has 24 heavy (non-hydrogen) atoms. The van der Waals surface area contributed by atoms with Crippen LogP contribution in [0.15, 0.2) is 29.2 Å². The molecule has 0 aromatic heterocycles. The van der Waals surface area contributed by atoms with Crippen LogP contribution in [0, 0.1) is 6.92 Å². The quantitative estimate of drug-likeness (QED) is 0.430. The Labute approximate surface area is 146 Å². The van der Waals surface area contributed by atoms with Gasteiger partial charge in [0.05, 0.1) is 23.7 Å². The standard InChI is InChI=1S/C19H30O4S/c1-3-12-19(14-16-22-19)13-6-4-5-7-15-23-24(20,21)18-10-8-17(2)9-11-18/h8-11H,3-7,12-16H2,1-2H3. The molecule has 1 saturated heterocycles. The Bertz CT molecular complexity index is 588. The van der Waals surface area contributed by atoms with Crippen molar-refractivity contribution in [2.45, 2.75) is 75.7 Å². The molecule has 1 aromatic rings. The Morgan fingerprint density at radius 1 is 1.08 bits per heavy atom. The first-order chi connectivity index (χ1) is 11.5. The lowest BCUT2D eigenvalue weighted by Gasteiger charge is -2.42. The van der Waals surface area contributed by atoms with Gasteiger partial charge >= 0.3 is 0 Å². The normalized spacial score (nSPS) is 20.8. The van der Waals surface area contributed by atoms with E-state index in [1.54, 1.807) is 24.3 Å². The Kier molecular flexibility index (Phi) is 7.26. The zero-order valence-electron chi connectivity index (χ0n) is 14.9. The minimum Gasteiger partial charge on any atom is -0.375 e. The minimum absolute atomic E-state index is 0.153. The molecular weight excluding hydrogens is 324 g/mol. The zero-order valence-corrected chi connectivity index (χ0v) is 15.7. The lowest BCUT2D eigenvalue weighted by Crippen LogP contribution is -2.43. The predicted molar refractivity (Wildman–Crippen MR) is 95.6 cm³/mol. The van der Waals surface area contributed by atoms with Gasteiger partial charge in [0.1, 0.15) is 0 Å². The Morgan fingerprint density at radius 2 is 1.75 bits per heavy atom. The summed E-state index contributed by atoms with van der Waals surface area (Å²) in [6, 6.07) is 6.75. The monoisotopic (exact) mass is 354 g/mol. The zero-order chi connectivity index (χ0) is 17.5. The van der Waals surface area contributed by atoms with E-state index in [-0.39, 0.29) is 17.1 Å². The smallest absolute Gasteiger partial charge is 0.296 e. The molecule has 0 aliphatic carbocycles. The van der Waals surface area contributed by atoms with Gasteiger partial charge in [-0.25, -0.2) is 0 Å². The van der Waals surface area contributed by atoms with Crippen LogP contribution in [0.2, 0.25) is 0 Å². The summed E-state index contributed by atoms with van der Waals surface area (Å²) >= 11 is 0. The maximum absolute atomic E-state index is 12.0. The largest absolute Gasteiger partial charge is 0.375 e. The highest BCUT2D eigenvalue weighted by atomic mass is 32.2. The number of aryl methyl sites for hydroxylation is 1. The first-order valence-corrected chi connectivity index (χ1v) is 10.5. The van der Waals surface area contributed by atoms with Crippen LogP contribution in [-0.2, 0) is 19.0 Å². The van der Waals surface area contributed by atoms with Crippen molar-refractivity contribution in [3.8, 4) is 0 Å². The molecule has 2 rings (SSSR count). The van der Waals surface area contributed by atoms with Crippen LogP contribution < -0.4 is 0 Å². The van der Waals surface area contributed by atoms with Crippen molar-refractivity contribution in [1.29, 1.82) is 0 Å². The van der Waals surface area contributed by atoms with Crippen LogP contribution in [0.4, 0.5) is 0 Å². The lowest BCUT2D eigenvalue weighted by molar-refractivity contribution is -0.156. The first kappa shape index (κ1) is 19.4. The van der Waals surface area contributed by atoms with E-state index in [0.717, 1.165) is 50.7 Å². The van der Waals surface area contributed by atoms with Gasteiger partial charge in [0.15, 0.2) is 0 Å². The van der Waals surface area contributed by atoms with Crippen LogP contribution >= 0.6 is 0 Å². The highest BCUT2D eigenvalue weighted by Gasteiger charge is 2.36. The molecule has 1 atom stereocenters. The second-order valence-corrected chi connectivity index (χ2v) is 8.40. The summed E-state index contributed by atoms with van der Waals surface area (Å²) in [5, 5.41) is 0. The number of ether oxygens (including phenoxy) is 1. The van der Waals surface area contributed by atoms with E-state index < -0.39 is 10.1 Å². The predicted octanol–water partition coefficient (Wildman–Crippen LogP) is 4.61. The van der Waals surface area contributed by atoms with E-state index in [4.69, 9.17) is 8.92 Å². The maximum Gasteiger partial charge on any atom is 0.296 e. The van der Waals surface area contributed by atoms with E-state index >= 15 is 0 Å². The van der Waals surface area contributed by atoms with Gasteiger partial charge < -0.3 is 4.74 Å². The minimum atomic E-state index is -3.62. The van der Waals surface area contributed by atoms with Crippen molar-refractivity contribution >= 4 is 10.1 Å². The molecular formula is C19H30O4S. The molecule has 1 aromatic carbocycles. The molecule has 0 amide bonds. The molecule has 136 valence electrons. The van der Waals surface area contributed by atoms with Crippen molar-refractivity contribution < 1.29 is 17.3 Å². The topological polar surface area (TPSA) is 52.6 Å². The van der Waals surface area contributed by atoms with Crippen molar-refractivity contribution in [3.63, 3.8) is 0 Å². The van der Waals surface area contributed by atoms with Crippen molar-refractivity contribution in [3.05, 3.63) is 29.8 Å². The molecule has 1 fully saturated rings. The van der Waals surface area contributed by atoms with Crippen molar-refractivity contribution in [2.75, 3.05) is 13.2 Å². The average molecular weight is 355 g/mol. The van der Waals surface area contributed by atoms with Gasteiger partial charge in [0, 0.05) is 0 Å². The third-order valence-corrected chi connectivity index (χ3v) is 6.07. The molecule has 0 bridgehead atoms. The Morgan fingerprint density at radius 3 is 2.33 bits per heavy atom. The summed E-state index contributed by atoms with van der Waals surface area (Å²) in [4.78, 5) is 0.233. The molecule has 0 radical (unpaired) electrons. The molecule has 1 aliphatic rings. The van der Waals surface area contributed by atoms with E-state index in [9.17, 15) is 8.42 Å². The van der Waals surface area contributed by atoms with Crippen LogP contribution in [0.25, 0.3) is 0 Å². The molecule has 0 saturated carbocycles. The number of hydrogen-bond acceptors (Lipinski definition) is 4. The van der Waals surface area contributed by atoms with Gasteiger partial charge in [-0.2, -0.15) is 8.42 Å². The Hall–Kier alpha value is -0.910. The molecule has 5 heteroatoms. The van der Waals surface area contributed by atoms with Crippen LogP contribution in [-0.4, -0.2) is 27.2 Å². The third-order valence-electron chi connectivity index (χ3n) is 4.75. The van der Waals surface area contributed by atoms with Crippen LogP contribution in [0.1, 0.15) is 63.9 Å². The van der Waals surface area contributed by atoms with Gasteiger partial charge in [0.2, 0.25) is 0 Å². The number of hydrogen-bond donors (Lipinski definition) is 0. The van der Waals surface area contributed by atoms with E-state index in [1.807, 2.05) is 6.92 Å². The second kappa shape index (κ2) is 8.97. The van der Waals surface area contributed by atoms with Crippen LogP contribution in [0.3, 0.4) is 0 Å². The SMILES string of the molecule is CCCC1(CCCCCCOS(=O)(=O)c2ccc(C)cc2)CCO1. The molecule has 1 aliphatic heterocycles. The summed E-state index contributed by atoms with van der Waals surface area (Å²) in [5.74, 6) is 0. The van der Waals surface area contributed by atoms with Gasteiger partial charge in [-0.3, -0.25) is 4.18 Å². The average Bonchev–Trinajstić information content (AvgIpc) is 2.51. The van der Waals surface area contributed by atoms with Crippen molar-refractivity contribution in [2.24, 2.45) is 0 Å². The van der Waals surface area contributed by atoms with E-state index in [0.29, 0.717) is 0 Å². The fourth-order valence-electron chi connectivity index (χ4n) is 3.21. The number of rotatable bonds is 11. The van der Waals surface area contributed by atoms with Crippen molar-refractivity contribution in [1.82, 2.24) is 0 Å². The second-order valence-electron chi connectivity index (χ2n) is 6.78. The fraction of sp³-hybridized carbons (Fsp3) is 0.684. The first-order valence-electron chi connectivity index (χ1n) is 9.07. The summed E-state index contributed by atoms with van der Waals surface area (Å²) in [7, 11) is -3.62. The van der Waals surface area contributed by atoms with Gasteiger partial charge in [-0.05, 0) is 44.7 Å². The summed E-state index contributed by atoms with van der Waals surface area (Å²) in [6.07, 6.45) is 8.66. The summed E-state index contributed by atoms with van der Waals surface area (Å²) in [6.45, 7) is 5.29. The number of unbranched alkanes of at least 4 members (excludes halogenated alkanes) is 3. The molecule has 1 unspecified atom stereocenters. The molecule has 4 nitrogen and oxygen atoms in total. The number of benzene rings is 1. The van der Waals surface area contributed by atoms with Crippen LogP contribution in [0.5, 0.6) is 0 Å². The Balaban J connectivity index is 1.60. The summed E-state index contributed by atoms with van der Waals surface area (Å²) in [5.41, 5.74) is 1.19. The summed E-state index contributed by atoms with van der Waals surface area (Å²) < 4.78 is 35.0. The van der Waals surface area contributed by atoms with Gasteiger partial charge in [-0.15, -0.1) is 0 Å². The van der Waals surface area contributed by atoms with Gasteiger partial charge in [-0.1, -0.05) is 50.3 Å². The highest BCUT2D eigenvalue weighted by Crippen LogP contribution is 2.36. The van der Waals surface area contributed by atoms with E-state index in [1.165, 1.54) is 12.8 Å². The molecule has 1 heterocycles. The fourth-order valence-corrected chi connectivity index (χ4v) is 4.15. The molecule has 0 N–H and O–H groups in total. The highest BCUT2D eigenvalue weighted by molar-refractivity contribution is 7.86. The van der Waals surface area contributed by atoms with Gasteiger partial charge in [0.25, 0.3) is 10.1 Å². The third kappa shape index (κ3) is 5.57.